The van der Waals surface area contributed by atoms with Gasteiger partial charge in [-0.1, -0.05) is 11.6 Å². The van der Waals surface area contributed by atoms with Crippen LogP contribution in [0, 0.1) is 0 Å². The van der Waals surface area contributed by atoms with Crippen molar-refractivity contribution in [1.29, 1.82) is 0 Å². The maximum atomic E-state index is 11.6. The van der Waals surface area contributed by atoms with E-state index >= 15 is 0 Å². The lowest BCUT2D eigenvalue weighted by atomic mass is 10.2. The van der Waals surface area contributed by atoms with Crippen LogP contribution in [0.3, 0.4) is 0 Å². The van der Waals surface area contributed by atoms with E-state index in [1.807, 2.05) is 17.0 Å². The first-order valence-corrected chi connectivity index (χ1v) is 5.85. The molecule has 1 heterocycles. The molecule has 18 heavy (non-hydrogen) atoms. The Balaban J connectivity index is 2.15. The summed E-state index contributed by atoms with van der Waals surface area (Å²) < 4.78 is 4.64. The normalized spacial score (nSPS) is 19.3. The van der Waals surface area contributed by atoms with Crippen molar-refractivity contribution in [2.75, 3.05) is 25.1 Å². The molecule has 0 radical (unpaired) electrons. The number of esters is 1. The Hall–Kier alpha value is -1.75. The van der Waals surface area contributed by atoms with Gasteiger partial charge in [-0.2, -0.15) is 0 Å². The number of rotatable bonds is 2. The van der Waals surface area contributed by atoms with Crippen LogP contribution in [0.5, 0.6) is 0 Å². The Kier molecular flexibility index (Phi) is 3.72. The second-order valence-electron chi connectivity index (χ2n) is 4.00. The van der Waals surface area contributed by atoms with Crippen LogP contribution >= 0.6 is 11.6 Å². The summed E-state index contributed by atoms with van der Waals surface area (Å²) in [5.41, 5.74) is 0.850. The van der Waals surface area contributed by atoms with Crippen LogP contribution < -0.4 is 10.2 Å². The van der Waals surface area contributed by atoms with Crippen molar-refractivity contribution in [3.05, 3.63) is 29.3 Å². The van der Waals surface area contributed by atoms with Crippen molar-refractivity contribution in [3.8, 4) is 0 Å². The number of amides is 1. The fraction of sp³-hybridized carbons (Fsp3) is 0.333. The topological polar surface area (TPSA) is 58.6 Å². The fourth-order valence-electron chi connectivity index (χ4n) is 1.87. The molecule has 1 aliphatic rings. The van der Waals surface area contributed by atoms with Gasteiger partial charge in [-0.25, -0.2) is 4.79 Å². The minimum absolute atomic E-state index is 0.202. The molecule has 1 amide bonds. The zero-order valence-corrected chi connectivity index (χ0v) is 10.6. The summed E-state index contributed by atoms with van der Waals surface area (Å²) in [5, 5.41) is 3.23. The molecule has 0 bridgehead atoms. The molecule has 0 saturated carbocycles. The minimum Gasteiger partial charge on any atom is -0.467 e. The lowest BCUT2D eigenvalue weighted by molar-refractivity contribution is -0.145. The number of nitrogens with zero attached hydrogens (tertiary/aromatic N) is 1. The van der Waals surface area contributed by atoms with Crippen LogP contribution in [-0.4, -0.2) is 38.1 Å². The molecule has 0 aliphatic carbocycles. The maximum absolute atomic E-state index is 11.6. The van der Waals surface area contributed by atoms with Gasteiger partial charge in [0.15, 0.2) is 0 Å². The molecular weight excluding hydrogens is 256 g/mol. The molecule has 6 heteroatoms. The summed E-state index contributed by atoms with van der Waals surface area (Å²) >= 11 is 5.81. The molecule has 0 aromatic heterocycles. The molecule has 1 aromatic carbocycles. The van der Waals surface area contributed by atoms with Gasteiger partial charge >= 0.3 is 5.97 Å². The Morgan fingerprint density at radius 2 is 2.11 bits per heavy atom. The SMILES string of the molecule is COC(=O)C1CN(c2ccc(Cl)cc2)CC(=O)N1. The summed E-state index contributed by atoms with van der Waals surface area (Å²) in [5.74, 6) is -0.645. The van der Waals surface area contributed by atoms with Gasteiger partial charge in [0.05, 0.1) is 13.7 Å². The van der Waals surface area contributed by atoms with E-state index in [1.165, 1.54) is 7.11 Å². The summed E-state index contributed by atoms with van der Waals surface area (Å²) in [7, 11) is 1.30. The molecule has 96 valence electrons. The molecule has 5 nitrogen and oxygen atoms in total. The van der Waals surface area contributed by atoms with E-state index in [0.29, 0.717) is 11.6 Å². The van der Waals surface area contributed by atoms with Gasteiger partial charge in [0.2, 0.25) is 5.91 Å². The van der Waals surface area contributed by atoms with E-state index in [4.69, 9.17) is 11.6 Å². The first-order chi connectivity index (χ1) is 8.60. The first kappa shape index (κ1) is 12.7. The molecule has 1 aliphatic heterocycles. The fourth-order valence-corrected chi connectivity index (χ4v) is 1.99. The number of halogens is 1. The standard InChI is InChI=1S/C12H13ClN2O3/c1-18-12(17)10-6-15(7-11(16)14-10)9-4-2-8(13)3-5-9/h2-5,10H,6-7H2,1H3,(H,14,16). The predicted octanol–water partition coefficient (Wildman–Crippen LogP) is 0.818. The second kappa shape index (κ2) is 5.27. The van der Waals surface area contributed by atoms with E-state index < -0.39 is 12.0 Å². The number of hydrogen-bond donors (Lipinski definition) is 1. The van der Waals surface area contributed by atoms with Crippen molar-refractivity contribution >= 4 is 29.2 Å². The molecule has 2 rings (SSSR count). The third-order valence-electron chi connectivity index (χ3n) is 2.75. The van der Waals surface area contributed by atoms with Gasteiger partial charge in [-0.05, 0) is 24.3 Å². The molecule has 1 unspecified atom stereocenters. The first-order valence-electron chi connectivity index (χ1n) is 5.48. The van der Waals surface area contributed by atoms with Gasteiger partial charge in [-0.3, -0.25) is 4.79 Å². The smallest absolute Gasteiger partial charge is 0.330 e. The Bertz CT molecular complexity index is 461. The number of carbonyl (C=O) groups excluding carboxylic acids is 2. The summed E-state index contributed by atoms with van der Waals surface area (Å²) in [6.07, 6.45) is 0. The van der Waals surface area contributed by atoms with Crippen LogP contribution in [0.2, 0.25) is 5.02 Å². The number of nitrogens with one attached hydrogen (secondary N) is 1. The van der Waals surface area contributed by atoms with Gasteiger partial charge in [0, 0.05) is 17.3 Å². The third kappa shape index (κ3) is 2.73. The molecule has 0 spiro atoms. The number of anilines is 1. The molecule has 1 aromatic rings. The van der Waals surface area contributed by atoms with Crippen LogP contribution in [0.4, 0.5) is 5.69 Å². The molecule has 1 fully saturated rings. The van der Waals surface area contributed by atoms with Crippen molar-refractivity contribution in [2.24, 2.45) is 0 Å². The predicted molar refractivity (Wildman–Crippen MR) is 67.6 cm³/mol. The average molecular weight is 269 g/mol. The molecular formula is C12H13ClN2O3. The average Bonchev–Trinajstić information content (AvgIpc) is 2.38. The minimum atomic E-state index is -0.632. The lowest BCUT2D eigenvalue weighted by Crippen LogP contribution is -2.57. The highest BCUT2D eigenvalue weighted by Crippen LogP contribution is 2.19. The molecule has 1 N–H and O–H groups in total. The summed E-state index contributed by atoms with van der Waals surface area (Å²) in [6.45, 7) is 0.606. The molecule has 1 saturated heterocycles. The Morgan fingerprint density at radius 3 is 2.72 bits per heavy atom. The van der Waals surface area contributed by atoms with Gasteiger partial charge in [0.25, 0.3) is 0 Å². The van der Waals surface area contributed by atoms with Crippen molar-refractivity contribution < 1.29 is 14.3 Å². The van der Waals surface area contributed by atoms with E-state index in [9.17, 15) is 9.59 Å². The highest BCUT2D eigenvalue weighted by molar-refractivity contribution is 6.30. The van der Waals surface area contributed by atoms with Crippen molar-refractivity contribution in [1.82, 2.24) is 5.32 Å². The third-order valence-corrected chi connectivity index (χ3v) is 3.00. The van der Waals surface area contributed by atoms with E-state index in [0.717, 1.165) is 5.69 Å². The van der Waals surface area contributed by atoms with E-state index in [-0.39, 0.29) is 12.5 Å². The zero-order valence-electron chi connectivity index (χ0n) is 9.85. The number of methoxy groups -OCH3 is 1. The number of carbonyl (C=O) groups is 2. The largest absolute Gasteiger partial charge is 0.467 e. The number of ether oxygens (including phenoxy) is 1. The van der Waals surface area contributed by atoms with Gasteiger partial charge in [0.1, 0.15) is 6.04 Å². The Labute approximate surface area is 110 Å². The monoisotopic (exact) mass is 268 g/mol. The van der Waals surface area contributed by atoms with Crippen LogP contribution in [-0.2, 0) is 14.3 Å². The zero-order chi connectivity index (χ0) is 13.1. The van der Waals surface area contributed by atoms with Crippen molar-refractivity contribution in [2.45, 2.75) is 6.04 Å². The highest BCUT2D eigenvalue weighted by atomic mass is 35.5. The van der Waals surface area contributed by atoms with Gasteiger partial charge in [-0.15, -0.1) is 0 Å². The van der Waals surface area contributed by atoms with E-state index in [2.05, 4.69) is 10.1 Å². The van der Waals surface area contributed by atoms with Crippen molar-refractivity contribution in [3.63, 3.8) is 0 Å². The lowest BCUT2D eigenvalue weighted by Gasteiger charge is -2.33. The Morgan fingerprint density at radius 1 is 1.44 bits per heavy atom. The maximum Gasteiger partial charge on any atom is 0.330 e. The summed E-state index contributed by atoms with van der Waals surface area (Å²) in [4.78, 5) is 24.8. The van der Waals surface area contributed by atoms with Crippen LogP contribution in [0.25, 0.3) is 0 Å². The molecule has 1 atom stereocenters. The second-order valence-corrected chi connectivity index (χ2v) is 4.44. The number of piperazine rings is 1. The van der Waals surface area contributed by atoms with Crippen LogP contribution in [0.1, 0.15) is 0 Å². The quantitative estimate of drug-likeness (QED) is 0.807. The number of benzene rings is 1. The van der Waals surface area contributed by atoms with Gasteiger partial charge < -0.3 is 15.0 Å². The van der Waals surface area contributed by atoms with E-state index in [1.54, 1.807) is 12.1 Å². The summed E-state index contributed by atoms with van der Waals surface area (Å²) in [6, 6.07) is 6.49. The van der Waals surface area contributed by atoms with Crippen LogP contribution in [0.15, 0.2) is 24.3 Å². The highest BCUT2D eigenvalue weighted by Gasteiger charge is 2.30. The number of hydrogen-bond acceptors (Lipinski definition) is 4.